The second-order valence-corrected chi connectivity index (χ2v) is 6.26. The summed E-state index contributed by atoms with van der Waals surface area (Å²) in [6.07, 6.45) is 0. The van der Waals surface area contributed by atoms with E-state index in [1.807, 2.05) is 0 Å². The monoisotopic (exact) mass is 429 g/mol. The van der Waals surface area contributed by atoms with E-state index in [1.54, 1.807) is 0 Å². The number of hydrogen-bond acceptors (Lipinski definition) is 3. The van der Waals surface area contributed by atoms with Gasteiger partial charge in [0, 0.05) is 21.3 Å². The van der Waals surface area contributed by atoms with E-state index in [0.717, 1.165) is 6.07 Å². The molecule has 0 atom stereocenters. The number of carbonyl (C=O) groups excluding carboxylic acids is 2. The molecule has 0 aliphatic rings. The highest BCUT2D eigenvalue weighted by atomic mass is 79.9. The maximum absolute atomic E-state index is 14.3. The Kier molecular flexibility index (Phi) is 6.07. The highest BCUT2D eigenvalue weighted by molar-refractivity contribution is 9.10. The molecule has 8 heteroatoms. The molecule has 0 aliphatic carbocycles. The van der Waals surface area contributed by atoms with Gasteiger partial charge in [0.05, 0.1) is 6.61 Å². The highest BCUT2D eigenvalue weighted by Crippen LogP contribution is 2.35. The van der Waals surface area contributed by atoms with E-state index in [-0.39, 0.29) is 16.6 Å². The van der Waals surface area contributed by atoms with Crippen molar-refractivity contribution in [2.75, 3.05) is 11.9 Å². The summed E-state index contributed by atoms with van der Waals surface area (Å²) in [5, 5.41) is 2.50. The third-order valence-corrected chi connectivity index (χ3v) is 4.21. The Morgan fingerprint density at radius 2 is 1.88 bits per heavy atom. The van der Waals surface area contributed by atoms with Crippen molar-refractivity contribution < 1.29 is 27.5 Å². The van der Waals surface area contributed by atoms with Gasteiger partial charge in [-0.1, -0.05) is 15.9 Å². The Morgan fingerprint density at radius 3 is 2.50 bits per heavy atom. The van der Waals surface area contributed by atoms with Gasteiger partial charge in [0.15, 0.2) is 0 Å². The molecule has 0 radical (unpaired) electrons. The number of amides is 1. The van der Waals surface area contributed by atoms with Crippen LogP contribution in [0.4, 0.5) is 18.9 Å². The van der Waals surface area contributed by atoms with E-state index in [1.165, 1.54) is 44.2 Å². The number of ether oxygens (including phenoxy) is 1. The molecule has 2 aromatic carbocycles. The van der Waals surface area contributed by atoms with E-state index < -0.39 is 29.2 Å². The predicted octanol–water partition coefficient (Wildman–Crippen LogP) is 4.80. The summed E-state index contributed by atoms with van der Waals surface area (Å²) in [5.74, 6) is -6.72. The van der Waals surface area contributed by atoms with Gasteiger partial charge in [-0.2, -0.15) is 8.78 Å². The van der Waals surface area contributed by atoms with Crippen LogP contribution in [0.5, 0.6) is 0 Å². The molecule has 0 heterocycles. The molecule has 26 heavy (non-hydrogen) atoms. The third-order valence-electron chi connectivity index (χ3n) is 3.51. The van der Waals surface area contributed by atoms with Crippen molar-refractivity contribution in [1.82, 2.24) is 0 Å². The van der Waals surface area contributed by atoms with Crippen molar-refractivity contribution >= 4 is 33.5 Å². The van der Waals surface area contributed by atoms with Crippen LogP contribution < -0.4 is 5.32 Å². The molecule has 1 N–H and O–H groups in total. The molecule has 0 spiro atoms. The zero-order valence-electron chi connectivity index (χ0n) is 13.9. The second kappa shape index (κ2) is 7.90. The van der Waals surface area contributed by atoms with Crippen molar-refractivity contribution in [3.63, 3.8) is 0 Å². The van der Waals surface area contributed by atoms with E-state index in [0.29, 0.717) is 11.3 Å². The number of benzene rings is 2. The fourth-order valence-corrected chi connectivity index (χ4v) is 2.66. The first-order valence-corrected chi connectivity index (χ1v) is 8.38. The molecule has 4 nitrogen and oxygen atoms in total. The Hall–Kier alpha value is -2.35. The minimum atomic E-state index is -3.92. The average Bonchev–Trinajstić information content (AvgIpc) is 2.58. The molecular formula is C18H15BrF3NO3. The van der Waals surface area contributed by atoms with E-state index in [9.17, 15) is 22.8 Å². The molecule has 1 amide bonds. The van der Waals surface area contributed by atoms with Crippen molar-refractivity contribution in [3.05, 3.63) is 63.4 Å². The van der Waals surface area contributed by atoms with Crippen LogP contribution in [-0.4, -0.2) is 18.5 Å². The van der Waals surface area contributed by atoms with Crippen molar-refractivity contribution in [2.24, 2.45) is 0 Å². The number of rotatable bonds is 5. The van der Waals surface area contributed by atoms with Gasteiger partial charge in [-0.3, -0.25) is 4.79 Å². The van der Waals surface area contributed by atoms with Crippen LogP contribution >= 0.6 is 15.9 Å². The number of carbonyl (C=O) groups is 2. The van der Waals surface area contributed by atoms with Gasteiger partial charge >= 0.3 is 11.9 Å². The lowest BCUT2D eigenvalue weighted by Crippen LogP contribution is -2.29. The molecule has 0 fully saturated rings. The molecular weight excluding hydrogens is 415 g/mol. The normalized spacial score (nSPS) is 11.2. The number of nitrogens with one attached hydrogen (secondary N) is 1. The SMILES string of the molecule is CCOC(=O)C(F)(F)c1cc(C(=O)Nc2ccc(F)c(C)c2)ccc1Br. The number of aryl methyl sites for hydroxylation is 1. The van der Waals surface area contributed by atoms with Gasteiger partial charge in [0.25, 0.3) is 5.91 Å². The molecule has 138 valence electrons. The smallest absolute Gasteiger partial charge is 0.382 e. The lowest BCUT2D eigenvalue weighted by Gasteiger charge is -2.17. The lowest BCUT2D eigenvalue weighted by atomic mass is 10.0. The maximum atomic E-state index is 14.3. The molecule has 0 unspecified atom stereocenters. The van der Waals surface area contributed by atoms with Gasteiger partial charge in [0.2, 0.25) is 0 Å². The van der Waals surface area contributed by atoms with Gasteiger partial charge in [-0.05, 0) is 55.8 Å². The molecule has 0 aliphatic heterocycles. The zero-order valence-corrected chi connectivity index (χ0v) is 15.5. The molecule has 2 rings (SSSR count). The Labute approximate surface area is 156 Å². The van der Waals surface area contributed by atoms with Crippen molar-refractivity contribution in [2.45, 2.75) is 19.8 Å². The minimum Gasteiger partial charge on any atom is -0.461 e. The van der Waals surface area contributed by atoms with Gasteiger partial charge < -0.3 is 10.1 Å². The van der Waals surface area contributed by atoms with Crippen LogP contribution in [0.15, 0.2) is 40.9 Å². The standard InChI is InChI=1S/C18H15BrF3NO3/c1-3-26-17(25)18(21,22)13-9-11(4-6-14(13)19)16(24)23-12-5-7-15(20)10(2)8-12/h4-9H,3H2,1-2H3,(H,23,24). The predicted molar refractivity (Wildman–Crippen MR) is 93.8 cm³/mol. The molecule has 0 aromatic heterocycles. The molecule has 2 aromatic rings. The second-order valence-electron chi connectivity index (χ2n) is 5.41. The fourth-order valence-electron chi connectivity index (χ4n) is 2.16. The first kappa shape index (κ1) is 20.0. The summed E-state index contributed by atoms with van der Waals surface area (Å²) < 4.78 is 46.2. The number of alkyl halides is 2. The van der Waals surface area contributed by atoms with Crippen LogP contribution in [0.1, 0.15) is 28.4 Å². The van der Waals surface area contributed by atoms with Crippen LogP contribution in [-0.2, 0) is 15.5 Å². The highest BCUT2D eigenvalue weighted by Gasteiger charge is 2.44. The summed E-state index contributed by atoms with van der Waals surface area (Å²) >= 11 is 2.96. The summed E-state index contributed by atoms with van der Waals surface area (Å²) in [5.41, 5.74) is -0.128. The first-order chi connectivity index (χ1) is 12.2. The summed E-state index contributed by atoms with van der Waals surface area (Å²) in [4.78, 5) is 23.8. The number of esters is 1. The Morgan fingerprint density at radius 1 is 1.19 bits per heavy atom. The molecule has 0 saturated heterocycles. The number of hydrogen-bond donors (Lipinski definition) is 1. The number of anilines is 1. The molecule has 0 bridgehead atoms. The maximum Gasteiger partial charge on any atom is 0.382 e. The van der Waals surface area contributed by atoms with Gasteiger partial charge in [-0.15, -0.1) is 0 Å². The van der Waals surface area contributed by atoms with E-state index >= 15 is 0 Å². The van der Waals surface area contributed by atoms with E-state index in [2.05, 4.69) is 26.0 Å². The van der Waals surface area contributed by atoms with Gasteiger partial charge in [-0.25, -0.2) is 9.18 Å². The first-order valence-electron chi connectivity index (χ1n) is 7.59. The molecule has 0 saturated carbocycles. The van der Waals surface area contributed by atoms with Crippen LogP contribution in [0.2, 0.25) is 0 Å². The summed E-state index contributed by atoms with van der Waals surface area (Å²) in [6, 6.07) is 7.43. The average molecular weight is 430 g/mol. The van der Waals surface area contributed by atoms with Gasteiger partial charge in [0.1, 0.15) is 5.82 Å². The quantitative estimate of drug-likeness (QED) is 0.694. The van der Waals surface area contributed by atoms with Crippen LogP contribution in [0, 0.1) is 12.7 Å². The largest absolute Gasteiger partial charge is 0.461 e. The van der Waals surface area contributed by atoms with Crippen molar-refractivity contribution in [1.29, 1.82) is 0 Å². The van der Waals surface area contributed by atoms with Crippen LogP contribution in [0.3, 0.4) is 0 Å². The Bertz CT molecular complexity index is 856. The topological polar surface area (TPSA) is 55.4 Å². The minimum absolute atomic E-state index is 0.0373. The zero-order chi connectivity index (χ0) is 19.5. The third kappa shape index (κ3) is 4.24. The van der Waals surface area contributed by atoms with Crippen LogP contribution in [0.25, 0.3) is 0 Å². The summed E-state index contributed by atoms with van der Waals surface area (Å²) in [7, 11) is 0. The number of halogens is 4. The van der Waals surface area contributed by atoms with Crippen molar-refractivity contribution in [3.8, 4) is 0 Å². The summed E-state index contributed by atoms with van der Waals surface area (Å²) in [6.45, 7) is 2.75. The fraction of sp³-hybridized carbons (Fsp3) is 0.222. The van der Waals surface area contributed by atoms with E-state index in [4.69, 9.17) is 0 Å². The Balaban J connectivity index is 2.31. The lowest BCUT2D eigenvalue weighted by molar-refractivity contribution is -0.173.